The molecular formula is C10H23NO2Sn. The van der Waals surface area contributed by atoms with E-state index in [0.717, 1.165) is 13.1 Å². The van der Waals surface area contributed by atoms with Crippen LogP contribution in [-0.2, 0) is 4.74 Å². The van der Waals surface area contributed by atoms with Crippen LogP contribution in [0.3, 0.4) is 0 Å². The Morgan fingerprint density at radius 3 is 2.00 bits per heavy atom. The Hall–Kier alpha value is 0.0687. The zero-order chi connectivity index (χ0) is 11.4. The van der Waals surface area contributed by atoms with Crippen LogP contribution in [-0.4, -0.2) is 46.6 Å². The fourth-order valence-electron chi connectivity index (χ4n) is 0.884. The van der Waals surface area contributed by atoms with Crippen molar-refractivity contribution in [3.05, 3.63) is 0 Å². The van der Waals surface area contributed by atoms with Crippen molar-refractivity contribution in [3.8, 4) is 0 Å². The normalized spacial score (nSPS) is 13.6. The fourth-order valence-corrected chi connectivity index (χ4v) is 2.18. The van der Waals surface area contributed by atoms with Crippen LogP contribution in [0, 0.1) is 0 Å². The van der Waals surface area contributed by atoms with Crippen molar-refractivity contribution in [1.29, 1.82) is 0 Å². The van der Waals surface area contributed by atoms with Crippen LogP contribution in [0.15, 0.2) is 0 Å². The van der Waals surface area contributed by atoms with Crippen molar-refractivity contribution < 1.29 is 9.53 Å². The number of nitrogens with zero attached hydrogens (tertiary/aromatic N) is 1. The zero-order valence-electron chi connectivity index (χ0n) is 10.3. The van der Waals surface area contributed by atoms with Gasteiger partial charge in [-0.25, -0.2) is 0 Å². The van der Waals surface area contributed by atoms with Gasteiger partial charge in [-0.3, -0.25) is 0 Å². The molecule has 0 saturated carbocycles. The predicted molar refractivity (Wildman–Crippen MR) is 62.2 cm³/mol. The van der Waals surface area contributed by atoms with Gasteiger partial charge in [-0.05, 0) is 0 Å². The van der Waals surface area contributed by atoms with E-state index in [9.17, 15) is 4.79 Å². The van der Waals surface area contributed by atoms with Crippen molar-refractivity contribution >= 4 is 24.5 Å². The first-order valence-electron chi connectivity index (χ1n) is 5.28. The van der Waals surface area contributed by atoms with Gasteiger partial charge < -0.3 is 0 Å². The molecule has 1 atom stereocenters. The summed E-state index contributed by atoms with van der Waals surface area (Å²) in [6.07, 6.45) is -0.158. The summed E-state index contributed by atoms with van der Waals surface area (Å²) in [5, 5.41) is 0. The third kappa shape index (κ3) is 4.53. The van der Waals surface area contributed by atoms with Gasteiger partial charge in [0.25, 0.3) is 0 Å². The second-order valence-corrected chi connectivity index (χ2v) is 20.4. The number of carbonyl (C=O) groups is 1. The van der Waals surface area contributed by atoms with Gasteiger partial charge in [0, 0.05) is 0 Å². The Morgan fingerprint density at radius 2 is 1.71 bits per heavy atom. The molecule has 0 N–H and O–H groups in total. The third-order valence-electron chi connectivity index (χ3n) is 2.52. The molecule has 4 heteroatoms. The van der Waals surface area contributed by atoms with Gasteiger partial charge in [0.15, 0.2) is 0 Å². The quantitative estimate of drug-likeness (QED) is 0.747. The predicted octanol–water partition coefficient (Wildman–Crippen LogP) is 2.73. The fraction of sp³-hybridized carbons (Fsp3) is 0.900. The molecule has 0 aliphatic heterocycles. The molecule has 0 aromatic carbocycles. The molecule has 0 aromatic rings. The number of amides is 1. The minimum atomic E-state index is -2.06. The summed E-state index contributed by atoms with van der Waals surface area (Å²) in [7, 11) is 0. The van der Waals surface area contributed by atoms with Gasteiger partial charge in [0.2, 0.25) is 0 Å². The van der Waals surface area contributed by atoms with Crippen molar-refractivity contribution in [2.24, 2.45) is 0 Å². The van der Waals surface area contributed by atoms with Crippen LogP contribution in [0.1, 0.15) is 20.8 Å². The van der Waals surface area contributed by atoms with Crippen LogP contribution >= 0.6 is 0 Å². The molecule has 1 unspecified atom stereocenters. The number of ether oxygens (including phenoxy) is 1. The molecule has 0 aromatic heterocycles. The SMILES string of the molecule is CCN(CC)C(=O)O[CH](C)[Sn]([CH3])([CH3])[CH3]. The molecule has 0 fully saturated rings. The molecule has 1 amide bonds. The van der Waals surface area contributed by atoms with Crippen molar-refractivity contribution in [3.63, 3.8) is 0 Å². The van der Waals surface area contributed by atoms with E-state index in [1.165, 1.54) is 0 Å². The Balaban J connectivity index is 4.18. The molecule has 0 radical (unpaired) electrons. The number of hydrogen-bond acceptors (Lipinski definition) is 2. The van der Waals surface area contributed by atoms with Crippen molar-refractivity contribution in [2.75, 3.05) is 13.1 Å². The Morgan fingerprint density at radius 1 is 1.29 bits per heavy atom. The average molecular weight is 308 g/mol. The van der Waals surface area contributed by atoms with Gasteiger partial charge in [-0.1, -0.05) is 0 Å². The van der Waals surface area contributed by atoms with E-state index < -0.39 is 18.4 Å². The molecule has 0 heterocycles. The molecule has 0 bridgehead atoms. The summed E-state index contributed by atoms with van der Waals surface area (Å²) in [5.41, 5.74) is 0. The summed E-state index contributed by atoms with van der Waals surface area (Å²) < 4.78 is 5.59. The van der Waals surface area contributed by atoms with E-state index in [2.05, 4.69) is 14.8 Å². The molecule has 0 saturated heterocycles. The Kier molecular flexibility index (Phi) is 5.86. The molecule has 0 aliphatic carbocycles. The molecule has 84 valence electrons. The average Bonchev–Trinajstić information content (AvgIpc) is 2.04. The third-order valence-corrected chi connectivity index (χ3v) is 9.82. The number of carbonyl (C=O) groups excluding carboxylic acids is 1. The molecule has 3 nitrogen and oxygen atoms in total. The Labute approximate surface area is 91.7 Å². The van der Waals surface area contributed by atoms with E-state index in [0.29, 0.717) is 0 Å². The second kappa shape index (κ2) is 5.83. The van der Waals surface area contributed by atoms with Gasteiger partial charge in [-0.15, -0.1) is 0 Å². The van der Waals surface area contributed by atoms with E-state index in [1.54, 1.807) is 4.90 Å². The standard InChI is InChI=1S/C7H14NO2.3CH3.Sn/c1-4-8(5-2)7(9)10-6-3;;;;/h6H,4-5H2,1-3H3;3*1H3;. The summed E-state index contributed by atoms with van der Waals surface area (Å²) >= 11 is -2.06. The van der Waals surface area contributed by atoms with Crippen LogP contribution in [0.5, 0.6) is 0 Å². The molecule has 0 spiro atoms. The van der Waals surface area contributed by atoms with Gasteiger partial charge >= 0.3 is 91.7 Å². The summed E-state index contributed by atoms with van der Waals surface area (Å²) in [5.74, 6) is 0. The van der Waals surface area contributed by atoms with Crippen LogP contribution in [0.2, 0.25) is 14.8 Å². The second-order valence-electron chi connectivity index (χ2n) is 4.56. The van der Waals surface area contributed by atoms with E-state index >= 15 is 0 Å². The van der Waals surface area contributed by atoms with Crippen LogP contribution in [0.25, 0.3) is 0 Å². The van der Waals surface area contributed by atoms with Gasteiger partial charge in [0.1, 0.15) is 0 Å². The first kappa shape index (κ1) is 14.1. The molecule has 0 rings (SSSR count). The molecule has 0 aliphatic rings. The minimum absolute atomic E-state index is 0.150. The van der Waals surface area contributed by atoms with Crippen LogP contribution in [0.4, 0.5) is 4.79 Å². The monoisotopic (exact) mass is 309 g/mol. The first-order valence-corrected chi connectivity index (χ1v) is 15.5. The van der Waals surface area contributed by atoms with Crippen LogP contribution < -0.4 is 0 Å². The first-order chi connectivity index (χ1) is 6.32. The van der Waals surface area contributed by atoms with Crippen molar-refractivity contribution in [1.82, 2.24) is 4.90 Å². The van der Waals surface area contributed by atoms with Gasteiger partial charge in [0.05, 0.1) is 0 Å². The maximum atomic E-state index is 11.6. The topological polar surface area (TPSA) is 29.5 Å². The van der Waals surface area contributed by atoms with Gasteiger partial charge in [-0.2, -0.15) is 0 Å². The summed E-state index contributed by atoms with van der Waals surface area (Å²) in [4.78, 5) is 20.1. The molecular weight excluding hydrogens is 285 g/mol. The Bertz CT molecular complexity index is 185. The summed E-state index contributed by atoms with van der Waals surface area (Å²) in [6.45, 7) is 7.41. The van der Waals surface area contributed by atoms with E-state index in [-0.39, 0.29) is 10.2 Å². The number of rotatable bonds is 4. The van der Waals surface area contributed by atoms with Crippen molar-refractivity contribution in [2.45, 2.75) is 39.7 Å². The number of hydrogen-bond donors (Lipinski definition) is 0. The zero-order valence-corrected chi connectivity index (χ0v) is 13.1. The maximum absolute atomic E-state index is 11.6. The summed E-state index contributed by atoms with van der Waals surface area (Å²) in [6, 6.07) is 0. The molecule has 14 heavy (non-hydrogen) atoms. The van der Waals surface area contributed by atoms with E-state index in [4.69, 9.17) is 4.74 Å². The van der Waals surface area contributed by atoms with E-state index in [1.807, 2.05) is 20.8 Å².